The average molecular weight is 199 g/mol. The smallest absolute Gasteiger partial charge is 0.0889 e. The summed E-state index contributed by atoms with van der Waals surface area (Å²) < 4.78 is 0. The van der Waals surface area contributed by atoms with Gasteiger partial charge in [0.2, 0.25) is 0 Å². The average Bonchev–Trinajstić information content (AvgIpc) is 2.31. The minimum absolute atomic E-state index is 0.850. The second kappa shape index (κ2) is 4.66. The lowest BCUT2D eigenvalue weighted by molar-refractivity contribution is 0.816. The number of hydrogen-bond donors (Lipinski definition) is 1. The van der Waals surface area contributed by atoms with Crippen LogP contribution in [-0.2, 0) is 6.54 Å². The lowest BCUT2D eigenvalue weighted by Crippen LogP contribution is -2.05. The number of hydrogen-bond acceptors (Lipinski definition) is 3. The van der Waals surface area contributed by atoms with Crippen molar-refractivity contribution in [3.8, 4) is 11.4 Å². The van der Waals surface area contributed by atoms with Crippen molar-refractivity contribution in [3.63, 3.8) is 0 Å². The van der Waals surface area contributed by atoms with Crippen LogP contribution in [0.1, 0.15) is 5.56 Å². The Kier molecular flexibility index (Phi) is 3.05. The van der Waals surface area contributed by atoms with E-state index in [1.54, 1.807) is 6.20 Å². The van der Waals surface area contributed by atoms with Crippen molar-refractivity contribution in [1.29, 1.82) is 0 Å². The van der Waals surface area contributed by atoms with Crippen molar-refractivity contribution in [2.75, 3.05) is 7.05 Å². The molecule has 0 atom stereocenters. The molecule has 0 fully saturated rings. The van der Waals surface area contributed by atoms with Gasteiger partial charge in [0, 0.05) is 18.9 Å². The molecule has 0 saturated carbocycles. The zero-order valence-corrected chi connectivity index (χ0v) is 8.64. The van der Waals surface area contributed by atoms with Gasteiger partial charge in [-0.1, -0.05) is 6.07 Å². The maximum Gasteiger partial charge on any atom is 0.0889 e. The minimum atomic E-state index is 0.850. The van der Waals surface area contributed by atoms with E-state index in [0.29, 0.717) is 0 Å². The summed E-state index contributed by atoms with van der Waals surface area (Å²) in [6, 6.07) is 9.89. The monoisotopic (exact) mass is 199 g/mol. The first kappa shape index (κ1) is 9.80. The lowest BCUT2D eigenvalue weighted by Gasteiger charge is -2.03. The van der Waals surface area contributed by atoms with Crippen LogP contribution in [0.3, 0.4) is 0 Å². The highest BCUT2D eigenvalue weighted by molar-refractivity contribution is 5.54. The molecule has 0 bridgehead atoms. The number of rotatable bonds is 3. The number of pyridine rings is 2. The maximum absolute atomic E-state index is 4.30. The van der Waals surface area contributed by atoms with Gasteiger partial charge in [-0.15, -0.1) is 0 Å². The van der Waals surface area contributed by atoms with E-state index < -0.39 is 0 Å². The summed E-state index contributed by atoms with van der Waals surface area (Å²) >= 11 is 0. The summed E-state index contributed by atoms with van der Waals surface area (Å²) in [5.74, 6) is 0. The van der Waals surface area contributed by atoms with E-state index in [1.807, 2.05) is 37.5 Å². The molecule has 0 saturated heterocycles. The predicted molar refractivity (Wildman–Crippen MR) is 60.2 cm³/mol. The van der Waals surface area contributed by atoms with Gasteiger partial charge < -0.3 is 5.32 Å². The molecule has 0 aliphatic heterocycles. The Morgan fingerprint density at radius 2 is 1.93 bits per heavy atom. The number of nitrogens with one attached hydrogen (secondary N) is 1. The molecule has 15 heavy (non-hydrogen) atoms. The summed E-state index contributed by atoms with van der Waals surface area (Å²) in [6.07, 6.45) is 3.60. The molecule has 0 radical (unpaired) electrons. The molecule has 3 heteroatoms. The quantitative estimate of drug-likeness (QED) is 0.820. The molecular formula is C12H13N3. The largest absolute Gasteiger partial charge is 0.316 e. The van der Waals surface area contributed by atoms with Gasteiger partial charge in [0.15, 0.2) is 0 Å². The van der Waals surface area contributed by atoms with Crippen molar-refractivity contribution in [2.45, 2.75) is 6.54 Å². The van der Waals surface area contributed by atoms with E-state index >= 15 is 0 Å². The maximum atomic E-state index is 4.30. The van der Waals surface area contributed by atoms with Crippen LogP contribution < -0.4 is 5.32 Å². The molecule has 0 aliphatic carbocycles. The van der Waals surface area contributed by atoms with Gasteiger partial charge in [0.05, 0.1) is 11.4 Å². The SMILES string of the molecule is CNCc1ccnc(-c2ccccn2)c1. The summed E-state index contributed by atoms with van der Waals surface area (Å²) in [5, 5.41) is 3.11. The second-order valence-electron chi connectivity index (χ2n) is 3.29. The van der Waals surface area contributed by atoms with Gasteiger partial charge in [0.1, 0.15) is 0 Å². The zero-order chi connectivity index (χ0) is 10.5. The first-order chi connectivity index (χ1) is 7.40. The molecule has 76 valence electrons. The van der Waals surface area contributed by atoms with Gasteiger partial charge in [0.25, 0.3) is 0 Å². The van der Waals surface area contributed by atoms with Crippen molar-refractivity contribution in [2.24, 2.45) is 0 Å². The topological polar surface area (TPSA) is 37.8 Å². The first-order valence-corrected chi connectivity index (χ1v) is 4.91. The lowest BCUT2D eigenvalue weighted by atomic mass is 10.2. The van der Waals surface area contributed by atoms with Crippen LogP contribution in [0.4, 0.5) is 0 Å². The van der Waals surface area contributed by atoms with Gasteiger partial charge in [-0.3, -0.25) is 9.97 Å². The second-order valence-corrected chi connectivity index (χ2v) is 3.29. The molecule has 0 aromatic carbocycles. The minimum Gasteiger partial charge on any atom is -0.316 e. The van der Waals surface area contributed by atoms with Crippen LogP contribution in [-0.4, -0.2) is 17.0 Å². The van der Waals surface area contributed by atoms with E-state index in [-0.39, 0.29) is 0 Å². The van der Waals surface area contributed by atoms with E-state index in [4.69, 9.17) is 0 Å². The molecule has 2 aromatic rings. The molecule has 3 nitrogen and oxygen atoms in total. The molecule has 0 spiro atoms. The number of nitrogens with zero attached hydrogens (tertiary/aromatic N) is 2. The predicted octanol–water partition coefficient (Wildman–Crippen LogP) is 1.86. The highest BCUT2D eigenvalue weighted by Crippen LogP contribution is 2.14. The van der Waals surface area contributed by atoms with Crippen LogP contribution in [0.15, 0.2) is 42.7 Å². The van der Waals surface area contributed by atoms with Crippen molar-refractivity contribution in [3.05, 3.63) is 48.3 Å². The number of aromatic nitrogens is 2. The van der Waals surface area contributed by atoms with E-state index in [2.05, 4.69) is 21.4 Å². The van der Waals surface area contributed by atoms with Crippen LogP contribution in [0.5, 0.6) is 0 Å². The Labute approximate surface area is 89.2 Å². The highest BCUT2D eigenvalue weighted by atomic mass is 14.8. The van der Waals surface area contributed by atoms with E-state index in [9.17, 15) is 0 Å². The van der Waals surface area contributed by atoms with Crippen molar-refractivity contribution in [1.82, 2.24) is 15.3 Å². The van der Waals surface area contributed by atoms with E-state index in [1.165, 1.54) is 5.56 Å². The van der Waals surface area contributed by atoms with Crippen molar-refractivity contribution >= 4 is 0 Å². The van der Waals surface area contributed by atoms with Gasteiger partial charge in [-0.05, 0) is 36.9 Å². The Morgan fingerprint density at radius 3 is 2.67 bits per heavy atom. The normalized spacial score (nSPS) is 10.2. The van der Waals surface area contributed by atoms with Crippen LogP contribution in [0.25, 0.3) is 11.4 Å². The Balaban J connectivity index is 2.33. The fourth-order valence-corrected chi connectivity index (χ4v) is 1.44. The van der Waals surface area contributed by atoms with Gasteiger partial charge in [-0.25, -0.2) is 0 Å². The molecule has 0 unspecified atom stereocenters. The van der Waals surface area contributed by atoms with E-state index in [0.717, 1.165) is 17.9 Å². The third-order valence-corrected chi connectivity index (χ3v) is 2.13. The molecular weight excluding hydrogens is 186 g/mol. The fourth-order valence-electron chi connectivity index (χ4n) is 1.44. The van der Waals surface area contributed by atoms with Crippen molar-refractivity contribution < 1.29 is 0 Å². The Hall–Kier alpha value is -1.74. The molecule has 2 heterocycles. The first-order valence-electron chi connectivity index (χ1n) is 4.91. The standard InChI is InChI=1S/C12H13N3/c1-13-9-10-5-7-15-12(8-10)11-4-2-3-6-14-11/h2-8,13H,9H2,1H3. The summed E-state index contributed by atoms with van der Waals surface area (Å²) in [6.45, 7) is 0.850. The van der Waals surface area contributed by atoms with Crippen LogP contribution >= 0.6 is 0 Å². The zero-order valence-electron chi connectivity index (χ0n) is 8.64. The van der Waals surface area contributed by atoms with Crippen LogP contribution in [0.2, 0.25) is 0 Å². The van der Waals surface area contributed by atoms with Crippen LogP contribution in [0, 0.1) is 0 Å². The van der Waals surface area contributed by atoms with Gasteiger partial charge in [-0.2, -0.15) is 0 Å². The van der Waals surface area contributed by atoms with Gasteiger partial charge >= 0.3 is 0 Å². The molecule has 2 rings (SSSR count). The summed E-state index contributed by atoms with van der Waals surface area (Å²) in [5.41, 5.74) is 3.05. The Morgan fingerprint density at radius 1 is 1.07 bits per heavy atom. The summed E-state index contributed by atoms with van der Waals surface area (Å²) in [7, 11) is 1.93. The molecule has 0 amide bonds. The third-order valence-electron chi connectivity index (χ3n) is 2.13. The highest BCUT2D eigenvalue weighted by Gasteiger charge is 2.00. The third kappa shape index (κ3) is 2.39. The molecule has 2 aromatic heterocycles. The fraction of sp³-hybridized carbons (Fsp3) is 0.167. The molecule has 0 aliphatic rings. The Bertz CT molecular complexity index is 426. The summed E-state index contributed by atoms with van der Waals surface area (Å²) in [4.78, 5) is 8.57. The molecule has 1 N–H and O–H groups in total.